The standard InChI is InChI=1S/C12H14ClNO4/c1-3-8-10-7(4-17-8)11(18-5-9(15)16)6(2)14-12(10)13/h8H,3-5H2,1-2H3,(H,15,16). The van der Waals surface area contributed by atoms with Gasteiger partial charge in [0.2, 0.25) is 0 Å². The predicted octanol–water partition coefficient (Wildman–Crippen LogP) is 2.49. The third-order valence-corrected chi connectivity index (χ3v) is 3.17. The van der Waals surface area contributed by atoms with Crippen LogP contribution in [0.2, 0.25) is 5.15 Å². The second-order valence-electron chi connectivity index (χ2n) is 4.10. The van der Waals surface area contributed by atoms with Crippen LogP contribution in [0.5, 0.6) is 5.75 Å². The van der Waals surface area contributed by atoms with E-state index in [1.54, 1.807) is 6.92 Å². The van der Waals surface area contributed by atoms with Gasteiger partial charge >= 0.3 is 5.97 Å². The van der Waals surface area contributed by atoms with Crippen molar-refractivity contribution >= 4 is 17.6 Å². The summed E-state index contributed by atoms with van der Waals surface area (Å²) in [6, 6.07) is 0. The van der Waals surface area contributed by atoms with Gasteiger partial charge < -0.3 is 14.6 Å². The zero-order valence-electron chi connectivity index (χ0n) is 10.2. The number of carbonyl (C=O) groups is 1. The summed E-state index contributed by atoms with van der Waals surface area (Å²) < 4.78 is 10.9. The molecular formula is C12H14ClNO4. The van der Waals surface area contributed by atoms with E-state index < -0.39 is 12.6 Å². The first-order valence-corrected chi connectivity index (χ1v) is 6.07. The molecule has 0 amide bonds. The average molecular weight is 272 g/mol. The Hall–Kier alpha value is -1.33. The van der Waals surface area contributed by atoms with Gasteiger partial charge in [-0.15, -0.1) is 0 Å². The van der Waals surface area contributed by atoms with Gasteiger partial charge in [0.15, 0.2) is 6.61 Å². The molecule has 2 rings (SSSR count). The quantitative estimate of drug-likeness (QED) is 0.852. The van der Waals surface area contributed by atoms with Crippen LogP contribution in [0.3, 0.4) is 0 Å². The SMILES string of the molecule is CCC1OCc2c(OCC(=O)O)c(C)nc(Cl)c21. The lowest BCUT2D eigenvalue weighted by atomic mass is 10.0. The highest BCUT2D eigenvalue weighted by molar-refractivity contribution is 6.30. The van der Waals surface area contributed by atoms with Crippen molar-refractivity contribution in [2.45, 2.75) is 33.0 Å². The molecule has 1 atom stereocenters. The van der Waals surface area contributed by atoms with Crippen LogP contribution in [0.15, 0.2) is 0 Å². The number of pyridine rings is 1. The Bertz CT molecular complexity index is 489. The monoisotopic (exact) mass is 271 g/mol. The van der Waals surface area contributed by atoms with Crippen LogP contribution in [0.4, 0.5) is 0 Å². The van der Waals surface area contributed by atoms with Crippen molar-refractivity contribution in [3.05, 3.63) is 22.0 Å². The van der Waals surface area contributed by atoms with Crippen LogP contribution in [0.25, 0.3) is 0 Å². The van der Waals surface area contributed by atoms with E-state index in [1.807, 2.05) is 6.92 Å². The minimum atomic E-state index is -1.02. The van der Waals surface area contributed by atoms with Gasteiger partial charge in [0, 0.05) is 11.1 Å². The third-order valence-electron chi connectivity index (χ3n) is 2.88. The smallest absolute Gasteiger partial charge is 0.341 e. The molecule has 0 fully saturated rings. The van der Waals surface area contributed by atoms with Crippen LogP contribution in [-0.2, 0) is 16.1 Å². The molecule has 0 aliphatic carbocycles. The molecule has 1 N–H and O–H groups in total. The van der Waals surface area contributed by atoms with Crippen molar-refractivity contribution in [1.29, 1.82) is 0 Å². The first-order valence-electron chi connectivity index (χ1n) is 5.69. The molecule has 0 bridgehead atoms. The highest BCUT2D eigenvalue weighted by Crippen LogP contribution is 2.42. The lowest BCUT2D eigenvalue weighted by molar-refractivity contribution is -0.139. The van der Waals surface area contributed by atoms with Gasteiger partial charge in [0.05, 0.1) is 18.4 Å². The van der Waals surface area contributed by atoms with Gasteiger partial charge in [-0.2, -0.15) is 0 Å². The molecule has 1 aromatic heterocycles. The number of fused-ring (bicyclic) bond motifs is 1. The van der Waals surface area contributed by atoms with Gasteiger partial charge in [-0.3, -0.25) is 0 Å². The first-order chi connectivity index (χ1) is 8.54. The van der Waals surface area contributed by atoms with E-state index in [0.717, 1.165) is 17.5 Å². The van der Waals surface area contributed by atoms with E-state index in [-0.39, 0.29) is 6.10 Å². The molecule has 0 radical (unpaired) electrons. The summed E-state index contributed by atoms with van der Waals surface area (Å²) in [5.74, 6) is -0.545. The maximum atomic E-state index is 10.6. The molecule has 0 saturated heterocycles. The van der Waals surface area contributed by atoms with E-state index in [9.17, 15) is 4.79 Å². The van der Waals surface area contributed by atoms with Gasteiger partial charge in [-0.1, -0.05) is 18.5 Å². The molecule has 2 heterocycles. The lowest BCUT2D eigenvalue weighted by Crippen LogP contribution is -2.12. The number of ether oxygens (including phenoxy) is 2. The second kappa shape index (κ2) is 5.12. The topological polar surface area (TPSA) is 68.7 Å². The Labute approximate surface area is 110 Å². The van der Waals surface area contributed by atoms with Gasteiger partial charge in [-0.05, 0) is 13.3 Å². The largest absolute Gasteiger partial charge is 0.480 e. The number of rotatable bonds is 4. The highest BCUT2D eigenvalue weighted by Gasteiger charge is 2.30. The Morgan fingerprint density at radius 2 is 2.39 bits per heavy atom. The maximum Gasteiger partial charge on any atom is 0.341 e. The summed E-state index contributed by atoms with van der Waals surface area (Å²) in [6.07, 6.45) is 0.698. The Kier molecular flexibility index (Phi) is 3.73. The molecule has 98 valence electrons. The van der Waals surface area contributed by atoms with E-state index in [4.69, 9.17) is 26.2 Å². The fraction of sp³-hybridized carbons (Fsp3) is 0.500. The van der Waals surface area contributed by atoms with Crippen molar-refractivity contribution in [2.24, 2.45) is 0 Å². The molecule has 5 nitrogen and oxygen atoms in total. The number of halogens is 1. The third kappa shape index (κ3) is 2.28. The predicted molar refractivity (Wildman–Crippen MR) is 64.9 cm³/mol. The van der Waals surface area contributed by atoms with Gasteiger partial charge in [0.25, 0.3) is 0 Å². The zero-order valence-corrected chi connectivity index (χ0v) is 11.0. The Morgan fingerprint density at radius 3 is 3.00 bits per heavy atom. The average Bonchev–Trinajstić information content (AvgIpc) is 2.72. The van der Waals surface area contributed by atoms with Crippen molar-refractivity contribution in [2.75, 3.05) is 6.61 Å². The summed E-state index contributed by atoms with van der Waals surface area (Å²) in [5.41, 5.74) is 2.23. The maximum absolute atomic E-state index is 10.6. The fourth-order valence-corrected chi connectivity index (χ4v) is 2.47. The number of hydrogen-bond acceptors (Lipinski definition) is 4. The summed E-state index contributed by atoms with van der Waals surface area (Å²) in [5, 5.41) is 9.08. The Balaban J connectivity index is 2.41. The molecular weight excluding hydrogens is 258 g/mol. The van der Waals surface area contributed by atoms with E-state index in [1.165, 1.54) is 0 Å². The molecule has 1 aliphatic rings. The number of aromatic nitrogens is 1. The number of carboxylic acid groups (broad SMARTS) is 1. The molecule has 1 aliphatic heterocycles. The van der Waals surface area contributed by atoms with Crippen molar-refractivity contribution in [1.82, 2.24) is 4.98 Å². The minimum Gasteiger partial charge on any atom is -0.480 e. The number of aliphatic carboxylic acids is 1. The summed E-state index contributed by atoms with van der Waals surface area (Å²) in [4.78, 5) is 14.8. The van der Waals surface area contributed by atoms with Crippen LogP contribution in [0, 0.1) is 6.92 Å². The summed E-state index contributed by atoms with van der Waals surface area (Å²) in [6.45, 7) is 3.72. The van der Waals surface area contributed by atoms with Crippen molar-refractivity contribution in [3.8, 4) is 5.75 Å². The van der Waals surface area contributed by atoms with E-state index in [2.05, 4.69) is 4.98 Å². The summed E-state index contributed by atoms with van der Waals surface area (Å²) >= 11 is 6.12. The molecule has 0 saturated carbocycles. The van der Waals surface area contributed by atoms with Gasteiger partial charge in [0.1, 0.15) is 10.9 Å². The van der Waals surface area contributed by atoms with Crippen molar-refractivity contribution in [3.63, 3.8) is 0 Å². The number of aryl methyl sites for hydroxylation is 1. The van der Waals surface area contributed by atoms with Crippen LogP contribution < -0.4 is 4.74 Å². The zero-order chi connectivity index (χ0) is 13.3. The van der Waals surface area contributed by atoms with E-state index in [0.29, 0.717) is 23.2 Å². The molecule has 0 aromatic carbocycles. The minimum absolute atomic E-state index is 0.0900. The van der Waals surface area contributed by atoms with Crippen LogP contribution >= 0.6 is 11.6 Å². The van der Waals surface area contributed by atoms with Crippen LogP contribution in [-0.4, -0.2) is 22.7 Å². The van der Waals surface area contributed by atoms with E-state index >= 15 is 0 Å². The number of carboxylic acids is 1. The molecule has 0 spiro atoms. The lowest BCUT2D eigenvalue weighted by Gasteiger charge is -2.13. The normalized spacial score (nSPS) is 17.6. The molecule has 1 aromatic rings. The highest BCUT2D eigenvalue weighted by atomic mass is 35.5. The fourth-order valence-electron chi connectivity index (χ4n) is 2.11. The molecule has 1 unspecified atom stereocenters. The molecule has 6 heteroatoms. The van der Waals surface area contributed by atoms with Crippen molar-refractivity contribution < 1.29 is 19.4 Å². The van der Waals surface area contributed by atoms with Crippen LogP contribution in [0.1, 0.15) is 36.3 Å². The molecule has 18 heavy (non-hydrogen) atoms. The van der Waals surface area contributed by atoms with Gasteiger partial charge in [-0.25, -0.2) is 9.78 Å². The second-order valence-corrected chi connectivity index (χ2v) is 4.46. The first kappa shape index (κ1) is 13.1. The number of hydrogen-bond donors (Lipinski definition) is 1. The summed E-state index contributed by atoms with van der Waals surface area (Å²) in [7, 11) is 0. The Morgan fingerprint density at radius 1 is 1.67 bits per heavy atom. The number of nitrogens with zero attached hydrogens (tertiary/aromatic N) is 1.